The first kappa shape index (κ1) is 21.9. The summed E-state index contributed by atoms with van der Waals surface area (Å²) >= 11 is 0. The van der Waals surface area contributed by atoms with Crippen LogP contribution in [0.2, 0.25) is 0 Å². The summed E-state index contributed by atoms with van der Waals surface area (Å²) in [6, 6.07) is 4.08. The van der Waals surface area contributed by atoms with Gasteiger partial charge in [0.15, 0.2) is 0 Å². The van der Waals surface area contributed by atoms with Gasteiger partial charge in [0.1, 0.15) is 18.2 Å². The molecule has 0 bridgehead atoms. The summed E-state index contributed by atoms with van der Waals surface area (Å²) in [6.45, 7) is 4.16. The van der Waals surface area contributed by atoms with E-state index in [1.807, 2.05) is 0 Å². The van der Waals surface area contributed by atoms with Gasteiger partial charge < -0.3 is 25.7 Å². The Kier molecular flexibility index (Phi) is 5.78. The molecule has 2 aromatic heterocycles. The van der Waals surface area contributed by atoms with Crippen LogP contribution in [0.1, 0.15) is 39.3 Å². The molecule has 10 nitrogen and oxygen atoms in total. The van der Waals surface area contributed by atoms with E-state index in [-0.39, 0.29) is 17.8 Å². The maximum Gasteiger partial charge on any atom is 0.434 e. The molecule has 33 heavy (non-hydrogen) atoms. The highest BCUT2D eigenvalue weighted by Crippen LogP contribution is 2.34. The molecule has 11 heteroatoms. The second-order valence-corrected chi connectivity index (χ2v) is 7.65. The third kappa shape index (κ3) is 4.25. The first-order chi connectivity index (χ1) is 15.8. The molecule has 0 radical (unpaired) electrons. The summed E-state index contributed by atoms with van der Waals surface area (Å²) in [5.41, 5.74) is 3.61. The molecule has 1 aliphatic rings. The normalized spacial score (nSPS) is 13.8. The average Bonchev–Trinajstić information content (AvgIpc) is 3.42. The van der Waals surface area contributed by atoms with Gasteiger partial charge in [-0.2, -0.15) is 0 Å². The number of amides is 2. The number of H-pyrrole nitrogens is 1. The number of aromatic nitrogens is 3. The Morgan fingerprint density at radius 2 is 2.15 bits per heavy atom. The summed E-state index contributed by atoms with van der Waals surface area (Å²) in [6.07, 6.45) is 4.96. The number of fused-ring (bicyclic) bond motifs is 1. The number of anilines is 1. The van der Waals surface area contributed by atoms with Crippen LogP contribution in [0, 0.1) is 29.8 Å². The molecule has 0 saturated heterocycles. The molecule has 1 aliphatic heterocycles. The average molecular weight is 452 g/mol. The molecule has 1 aromatic carbocycles. The Hall–Kier alpha value is -4.28. The monoisotopic (exact) mass is 452 g/mol. The fourth-order valence-electron chi connectivity index (χ4n) is 3.89. The Labute approximate surface area is 187 Å². The van der Waals surface area contributed by atoms with Gasteiger partial charge in [0, 0.05) is 29.2 Å². The van der Waals surface area contributed by atoms with Crippen molar-refractivity contribution in [3.05, 3.63) is 74.6 Å². The third-order valence-corrected chi connectivity index (χ3v) is 5.47. The van der Waals surface area contributed by atoms with E-state index < -0.39 is 10.7 Å². The minimum atomic E-state index is -0.557. The van der Waals surface area contributed by atoms with Gasteiger partial charge >= 0.3 is 5.95 Å². The van der Waals surface area contributed by atoms with Gasteiger partial charge in [-0.25, -0.2) is 8.96 Å². The second-order valence-electron chi connectivity index (χ2n) is 7.65. The number of carbonyl (C=O) groups excluding carboxylic acids is 2. The number of halogens is 1. The minimum Gasteiger partial charge on any atom is -0.390 e. The van der Waals surface area contributed by atoms with Crippen LogP contribution in [-0.4, -0.2) is 37.8 Å². The topological polar surface area (TPSA) is 135 Å². The quantitative estimate of drug-likeness (QED) is 0.219. The van der Waals surface area contributed by atoms with Gasteiger partial charge in [-0.05, 0) is 55.0 Å². The smallest absolute Gasteiger partial charge is 0.390 e. The fraction of sp³-hybridized carbons (Fsp3) is 0.227. The maximum absolute atomic E-state index is 13.7. The van der Waals surface area contributed by atoms with Crippen molar-refractivity contribution in [1.82, 2.24) is 19.9 Å². The predicted octanol–water partition coefficient (Wildman–Crippen LogP) is 3.19. The standard InChI is InChI=1S/C22H21FN6O4/c1-12-18(11-16-15-10-14(23)4-5-17(15)27-20(16)30)26-13(2)19(12)21(31)24-6-3-8-28-9-7-25-22(28)29(32)33/h4-5,7,9-11,26H,3,6,8H2,1-2H3,(H,24,31)(H,27,30). The van der Waals surface area contributed by atoms with Crippen LogP contribution >= 0.6 is 0 Å². The summed E-state index contributed by atoms with van der Waals surface area (Å²) in [5, 5.41) is 16.4. The van der Waals surface area contributed by atoms with E-state index in [4.69, 9.17) is 0 Å². The Morgan fingerprint density at radius 1 is 1.36 bits per heavy atom. The Bertz CT molecular complexity index is 1310. The first-order valence-electron chi connectivity index (χ1n) is 10.2. The fourth-order valence-corrected chi connectivity index (χ4v) is 3.89. The summed E-state index contributed by atoms with van der Waals surface area (Å²) < 4.78 is 15.1. The van der Waals surface area contributed by atoms with Crippen molar-refractivity contribution in [3.63, 3.8) is 0 Å². The highest BCUT2D eigenvalue weighted by Gasteiger charge is 2.26. The van der Waals surface area contributed by atoms with E-state index >= 15 is 0 Å². The molecule has 170 valence electrons. The molecule has 3 N–H and O–H groups in total. The van der Waals surface area contributed by atoms with Crippen molar-refractivity contribution >= 4 is 35.1 Å². The van der Waals surface area contributed by atoms with E-state index in [1.165, 1.54) is 35.2 Å². The molecule has 4 rings (SSSR count). The summed E-state index contributed by atoms with van der Waals surface area (Å²) in [5.74, 6) is -1.33. The highest BCUT2D eigenvalue weighted by molar-refractivity contribution is 6.34. The molecule has 3 heterocycles. The lowest BCUT2D eigenvalue weighted by Crippen LogP contribution is -2.26. The molecular weight excluding hydrogens is 431 g/mol. The van der Waals surface area contributed by atoms with Crippen molar-refractivity contribution < 1.29 is 18.9 Å². The zero-order chi connectivity index (χ0) is 23.7. The number of aryl methyl sites for hydroxylation is 2. The lowest BCUT2D eigenvalue weighted by molar-refractivity contribution is -0.396. The Morgan fingerprint density at radius 3 is 2.91 bits per heavy atom. The minimum absolute atomic E-state index is 0.242. The van der Waals surface area contributed by atoms with Crippen LogP contribution in [0.4, 0.5) is 16.0 Å². The molecule has 0 spiro atoms. The summed E-state index contributed by atoms with van der Waals surface area (Å²) in [7, 11) is 0. The number of aromatic amines is 1. The van der Waals surface area contributed by atoms with Crippen molar-refractivity contribution in [1.29, 1.82) is 0 Å². The summed E-state index contributed by atoms with van der Waals surface area (Å²) in [4.78, 5) is 42.3. The number of nitrogens with one attached hydrogen (secondary N) is 3. The number of hydrogen-bond acceptors (Lipinski definition) is 5. The molecule has 0 saturated carbocycles. The lowest BCUT2D eigenvalue weighted by atomic mass is 10.0. The zero-order valence-corrected chi connectivity index (χ0v) is 17.9. The van der Waals surface area contributed by atoms with E-state index in [0.29, 0.717) is 58.8 Å². The molecule has 3 aromatic rings. The molecule has 0 atom stereocenters. The maximum atomic E-state index is 13.7. The van der Waals surface area contributed by atoms with Gasteiger partial charge in [0.25, 0.3) is 11.8 Å². The van der Waals surface area contributed by atoms with Crippen LogP contribution in [0.15, 0.2) is 30.6 Å². The number of benzene rings is 1. The SMILES string of the molecule is Cc1[nH]c(C=C2C(=O)Nc3ccc(F)cc32)c(C)c1C(=O)NCCCn1ccnc1[N+](=O)[O-]. The van der Waals surface area contributed by atoms with Crippen LogP contribution in [0.5, 0.6) is 0 Å². The largest absolute Gasteiger partial charge is 0.434 e. The van der Waals surface area contributed by atoms with Gasteiger partial charge in [-0.3, -0.25) is 9.59 Å². The lowest BCUT2D eigenvalue weighted by Gasteiger charge is -2.06. The molecule has 2 amide bonds. The number of nitro groups is 1. The van der Waals surface area contributed by atoms with Crippen LogP contribution in [-0.2, 0) is 11.3 Å². The van der Waals surface area contributed by atoms with Crippen LogP contribution in [0.3, 0.4) is 0 Å². The molecule has 0 aliphatic carbocycles. The van der Waals surface area contributed by atoms with Gasteiger partial charge in [-0.1, -0.05) is 4.98 Å². The van der Waals surface area contributed by atoms with Crippen LogP contribution in [0.25, 0.3) is 11.6 Å². The zero-order valence-electron chi connectivity index (χ0n) is 17.9. The number of hydrogen-bond donors (Lipinski definition) is 3. The molecule has 0 unspecified atom stereocenters. The van der Waals surface area contributed by atoms with E-state index in [2.05, 4.69) is 20.6 Å². The van der Waals surface area contributed by atoms with E-state index in [9.17, 15) is 24.1 Å². The van der Waals surface area contributed by atoms with Gasteiger partial charge in [0.2, 0.25) is 0 Å². The van der Waals surface area contributed by atoms with Gasteiger partial charge in [-0.15, -0.1) is 0 Å². The second kappa shape index (κ2) is 8.69. The number of imidazole rings is 1. The number of carbonyl (C=O) groups is 2. The van der Waals surface area contributed by atoms with E-state index in [1.54, 1.807) is 19.9 Å². The highest BCUT2D eigenvalue weighted by atomic mass is 19.1. The Balaban J connectivity index is 1.47. The molecular formula is C22H21FN6O4. The van der Waals surface area contributed by atoms with Gasteiger partial charge in [0.05, 0.1) is 17.7 Å². The molecule has 0 fully saturated rings. The third-order valence-electron chi connectivity index (χ3n) is 5.47. The van der Waals surface area contributed by atoms with Crippen molar-refractivity contribution in [2.45, 2.75) is 26.8 Å². The first-order valence-corrected chi connectivity index (χ1v) is 10.2. The van der Waals surface area contributed by atoms with Crippen molar-refractivity contribution in [3.8, 4) is 0 Å². The van der Waals surface area contributed by atoms with E-state index in [0.717, 1.165) is 0 Å². The van der Waals surface area contributed by atoms with Crippen molar-refractivity contribution in [2.75, 3.05) is 11.9 Å². The van der Waals surface area contributed by atoms with Crippen molar-refractivity contribution in [2.24, 2.45) is 0 Å². The number of rotatable bonds is 7. The number of nitrogens with zero attached hydrogens (tertiary/aromatic N) is 3. The predicted molar refractivity (Wildman–Crippen MR) is 119 cm³/mol. The van der Waals surface area contributed by atoms with Crippen LogP contribution < -0.4 is 10.6 Å².